The van der Waals surface area contributed by atoms with Crippen LogP contribution in [0.4, 0.5) is 0 Å². The molecule has 100 valence electrons. The van der Waals surface area contributed by atoms with Gasteiger partial charge in [-0.05, 0) is 37.4 Å². The molecule has 2 aromatic heterocycles. The van der Waals surface area contributed by atoms with Crippen molar-refractivity contribution < 1.29 is 4.79 Å². The molecule has 0 aliphatic carbocycles. The molecular weight excluding hydrogens is 260 g/mol. The fourth-order valence-corrected chi connectivity index (χ4v) is 2.67. The Morgan fingerprint density at radius 3 is 2.84 bits per heavy atom. The Bertz CT molecular complexity index is 617. The van der Waals surface area contributed by atoms with Gasteiger partial charge in [0.05, 0.1) is 0 Å². The van der Waals surface area contributed by atoms with Gasteiger partial charge in [-0.15, -0.1) is 11.3 Å². The number of hydrogen-bond acceptors (Lipinski definition) is 3. The number of H-pyrrole nitrogens is 1. The Morgan fingerprint density at radius 1 is 1.42 bits per heavy atom. The minimum absolute atomic E-state index is 0.00754. The highest BCUT2D eigenvalue weighted by atomic mass is 32.1. The molecule has 1 atom stereocenters. The molecule has 19 heavy (non-hydrogen) atoms. The molecule has 0 bridgehead atoms. The molecule has 0 fully saturated rings. The number of hydrogen-bond donors (Lipinski definition) is 2. The number of thiophene rings is 1. The van der Waals surface area contributed by atoms with Crippen molar-refractivity contribution in [3.63, 3.8) is 0 Å². The predicted octanol–water partition coefficient (Wildman–Crippen LogP) is 2.11. The maximum Gasteiger partial charge on any atom is 0.260 e. The standard InChI is InChI=1S/C14H16N2O2S/c1-9-5-6-12(13(17)15-9)14(18)16-10(2)8-11-4-3-7-19-11/h3-7,10H,8H2,1-2H3,(H,15,17)(H,16,18)/t10-/m0/s1. The van der Waals surface area contributed by atoms with E-state index in [-0.39, 0.29) is 23.1 Å². The van der Waals surface area contributed by atoms with Crippen molar-refractivity contribution in [1.82, 2.24) is 10.3 Å². The van der Waals surface area contributed by atoms with Gasteiger partial charge in [-0.1, -0.05) is 6.07 Å². The van der Waals surface area contributed by atoms with Crippen molar-refractivity contribution >= 4 is 17.2 Å². The largest absolute Gasteiger partial charge is 0.349 e. The first kappa shape index (κ1) is 13.5. The number of amides is 1. The van der Waals surface area contributed by atoms with E-state index in [2.05, 4.69) is 10.3 Å². The summed E-state index contributed by atoms with van der Waals surface area (Å²) in [6.07, 6.45) is 0.771. The second-order valence-corrected chi connectivity index (χ2v) is 5.57. The molecule has 0 spiro atoms. The van der Waals surface area contributed by atoms with E-state index in [4.69, 9.17) is 0 Å². The van der Waals surface area contributed by atoms with Crippen LogP contribution in [0.15, 0.2) is 34.4 Å². The van der Waals surface area contributed by atoms with Gasteiger partial charge in [-0.25, -0.2) is 0 Å². The Labute approximate surface area is 115 Å². The summed E-state index contributed by atoms with van der Waals surface area (Å²) in [7, 11) is 0. The summed E-state index contributed by atoms with van der Waals surface area (Å²) in [6, 6.07) is 7.29. The molecular formula is C14H16N2O2S. The molecule has 0 aliphatic rings. The lowest BCUT2D eigenvalue weighted by Crippen LogP contribution is -2.37. The summed E-state index contributed by atoms with van der Waals surface area (Å²) in [6.45, 7) is 3.71. The van der Waals surface area contributed by atoms with Crippen LogP contribution in [0.25, 0.3) is 0 Å². The van der Waals surface area contributed by atoms with Gasteiger partial charge in [-0.3, -0.25) is 9.59 Å². The third kappa shape index (κ3) is 3.54. The van der Waals surface area contributed by atoms with Crippen LogP contribution >= 0.6 is 11.3 Å². The smallest absolute Gasteiger partial charge is 0.260 e. The average Bonchev–Trinajstić information content (AvgIpc) is 2.81. The molecule has 0 aliphatic heterocycles. The van der Waals surface area contributed by atoms with Crippen molar-refractivity contribution in [1.29, 1.82) is 0 Å². The minimum atomic E-state index is -0.346. The van der Waals surface area contributed by atoms with Gasteiger partial charge in [0.2, 0.25) is 0 Å². The third-order valence-electron chi connectivity index (χ3n) is 2.76. The molecule has 2 heterocycles. The first-order chi connectivity index (χ1) is 9.06. The lowest BCUT2D eigenvalue weighted by Gasteiger charge is -2.12. The van der Waals surface area contributed by atoms with Crippen molar-refractivity contribution in [3.05, 3.63) is 56.1 Å². The number of carbonyl (C=O) groups excluding carboxylic acids is 1. The Morgan fingerprint density at radius 2 is 2.21 bits per heavy atom. The zero-order chi connectivity index (χ0) is 13.8. The highest BCUT2D eigenvalue weighted by Crippen LogP contribution is 2.11. The van der Waals surface area contributed by atoms with E-state index in [1.54, 1.807) is 30.4 Å². The Hall–Kier alpha value is -1.88. The molecule has 2 rings (SSSR count). The lowest BCUT2D eigenvalue weighted by molar-refractivity contribution is 0.0938. The summed E-state index contributed by atoms with van der Waals surface area (Å²) in [4.78, 5) is 27.5. The SMILES string of the molecule is Cc1ccc(C(=O)N[C@@H](C)Cc2cccs2)c(=O)[nH]1. The molecule has 0 radical (unpaired) electrons. The number of pyridine rings is 1. The van der Waals surface area contributed by atoms with Gasteiger partial charge in [0, 0.05) is 23.0 Å². The van der Waals surface area contributed by atoms with Crippen LogP contribution < -0.4 is 10.9 Å². The number of aryl methyl sites for hydroxylation is 1. The first-order valence-electron chi connectivity index (χ1n) is 6.09. The Kier molecular flexibility index (Phi) is 4.16. The molecule has 4 nitrogen and oxygen atoms in total. The molecule has 0 aromatic carbocycles. The maximum absolute atomic E-state index is 12.0. The Balaban J connectivity index is 2.02. The number of nitrogens with one attached hydrogen (secondary N) is 2. The van der Waals surface area contributed by atoms with Crippen LogP contribution in [-0.2, 0) is 6.42 Å². The summed E-state index contributed by atoms with van der Waals surface area (Å²) >= 11 is 1.66. The highest BCUT2D eigenvalue weighted by molar-refractivity contribution is 7.09. The van der Waals surface area contributed by atoms with Gasteiger partial charge < -0.3 is 10.3 Å². The van der Waals surface area contributed by atoms with E-state index in [1.807, 2.05) is 24.4 Å². The van der Waals surface area contributed by atoms with Crippen molar-refractivity contribution in [3.8, 4) is 0 Å². The second kappa shape index (κ2) is 5.84. The summed E-state index contributed by atoms with van der Waals surface area (Å²) in [5, 5.41) is 4.85. The molecule has 0 unspecified atom stereocenters. The monoisotopic (exact) mass is 276 g/mol. The summed E-state index contributed by atoms with van der Waals surface area (Å²) in [5.41, 5.74) is 0.553. The zero-order valence-corrected chi connectivity index (χ0v) is 11.7. The van der Waals surface area contributed by atoms with Gasteiger partial charge in [0.1, 0.15) is 5.56 Å². The van der Waals surface area contributed by atoms with Crippen LogP contribution in [0.5, 0.6) is 0 Å². The van der Waals surface area contributed by atoms with Gasteiger partial charge in [-0.2, -0.15) is 0 Å². The second-order valence-electron chi connectivity index (χ2n) is 4.54. The number of aromatic nitrogens is 1. The average molecular weight is 276 g/mol. The predicted molar refractivity (Wildman–Crippen MR) is 76.8 cm³/mol. The van der Waals surface area contributed by atoms with Crippen molar-refractivity contribution in [2.24, 2.45) is 0 Å². The van der Waals surface area contributed by atoms with E-state index in [0.29, 0.717) is 0 Å². The van der Waals surface area contributed by atoms with E-state index in [1.165, 1.54) is 4.88 Å². The van der Waals surface area contributed by atoms with Gasteiger partial charge >= 0.3 is 0 Å². The fourth-order valence-electron chi connectivity index (χ4n) is 1.83. The van der Waals surface area contributed by atoms with Crippen LogP contribution in [0.1, 0.15) is 27.9 Å². The highest BCUT2D eigenvalue weighted by Gasteiger charge is 2.13. The maximum atomic E-state index is 12.0. The van der Waals surface area contributed by atoms with Crippen molar-refractivity contribution in [2.45, 2.75) is 26.3 Å². The van der Waals surface area contributed by atoms with Crippen LogP contribution in [-0.4, -0.2) is 16.9 Å². The van der Waals surface area contributed by atoms with Gasteiger partial charge in [0.15, 0.2) is 0 Å². The van der Waals surface area contributed by atoms with E-state index in [0.717, 1.165) is 12.1 Å². The third-order valence-corrected chi connectivity index (χ3v) is 3.66. The van der Waals surface area contributed by atoms with E-state index >= 15 is 0 Å². The van der Waals surface area contributed by atoms with Crippen molar-refractivity contribution in [2.75, 3.05) is 0 Å². The normalized spacial score (nSPS) is 12.1. The van der Waals surface area contributed by atoms with E-state index in [9.17, 15) is 9.59 Å². The first-order valence-corrected chi connectivity index (χ1v) is 6.97. The lowest BCUT2D eigenvalue weighted by atomic mass is 10.2. The molecule has 0 saturated heterocycles. The zero-order valence-electron chi connectivity index (χ0n) is 10.9. The topological polar surface area (TPSA) is 62.0 Å². The molecule has 1 amide bonds. The molecule has 5 heteroatoms. The number of carbonyl (C=O) groups is 1. The molecule has 2 N–H and O–H groups in total. The van der Waals surface area contributed by atoms with Crippen LogP contribution in [0, 0.1) is 6.92 Å². The number of rotatable bonds is 4. The molecule has 2 aromatic rings. The number of aromatic amines is 1. The van der Waals surface area contributed by atoms with E-state index < -0.39 is 0 Å². The quantitative estimate of drug-likeness (QED) is 0.898. The summed E-state index contributed by atoms with van der Waals surface area (Å²) < 4.78 is 0. The minimum Gasteiger partial charge on any atom is -0.349 e. The van der Waals surface area contributed by atoms with Crippen LogP contribution in [0.3, 0.4) is 0 Å². The summed E-state index contributed by atoms with van der Waals surface area (Å²) in [5.74, 6) is -0.328. The van der Waals surface area contributed by atoms with Crippen LogP contribution in [0.2, 0.25) is 0 Å². The fraction of sp³-hybridized carbons (Fsp3) is 0.286. The van der Waals surface area contributed by atoms with Gasteiger partial charge in [0.25, 0.3) is 11.5 Å². The molecule has 0 saturated carbocycles.